The van der Waals surface area contributed by atoms with Gasteiger partial charge < -0.3 is 33.9 Å². The topological polar surface area (TPSA) is 303 Å². The van der Waals surface area contributed by atoms with Crippen LogP contribution >= 0.6 is 46.9 Å². The Kier molecular flexibility index (Phi) is 13.5. The van der Waals surface area contributed by atoms with Gasteiger partial charge in [-0.15, -0.1) is 0 Å². The molecule has 298 valence electrons. The highest BCUT2D eigenvalue weighted by Gasteiger charge is 2.50. The minimum atomic E-state index is -6.45. The Morgan fingerprint density at radius 3 is 1.64 bits per heavy atom. The number of unbranched alkanes of at least 4 members (excludes halogenated alkanes) is 1. The molecule has 0 bridgehead atoms. The van der Waals surface area contributed by atoms with Crippen molar-refractivity contribution < 1.29 is 87.7 Å². The van der Waals surface area contributed by atoms with Crippen molar-refractivity contribution in [2.24, 2.45) is 0 Å². The number of rotatable bonds is 17. The number of aryl methyl sites for hydroxylation is 1. The predicted octanol–water partition coefficient (Wildman–Crippen LogP) is 7.96. The van der Waals surface area contributed by atoms with E-state index in [-0.39, 0.29) is 11.4 Å². The summed E-state index contributed by atoms with van der Waals surface area (Å²) in [6.45, 7) is 2.07. The first-order chi connectivity index (χ1) is 25.5. The average Bonchev–Trinajstić information content (AvgIpc) is 3.03. The summed E-state index contributed by atoms with van der Waals surface area (Å²) >= 11 is 0. The van der Waals surface area contributed by atoms with Crippen molar-refractivity contribution >= 4 is 74.9 Å². The van der Waals surface area contributed by atoms with Crippen LogP contribution in [-0.2, 0) is 66.3 Å². The van der Waals surface area contributed by atoms with Gasteiger partial charge in [0, 0.05) is 5.69 Å². The number of benzene rings is 4. The summed E-state index contributed by atoms with van der Waals surface area (Å²) in [6, 6.07) is 28.7. The third kappa shape index (κ3) is 11.9. The highest BCUT2D eigenvalue weighted by atomic mass is 32.2. The van der Waals surface area contributed by atoms with Gasteiger partial charge in [-0.2, -0.15) is 21.6 Å². The van der Waals surface area contributed by atoms with E-state index < -0.39 is 57.8 Å². The predicted molar refractivity (Wildman–Crippen MR) is 196 cm³/mol. The molecule has 6 atom stereocenters. The molecule has 0 saturated carbocycles. The maximum Gasteiger partial charge on any atom is 0.536 e. The number of hydrogen-bond acceptors (Lipinski definition) is 13. The monoisotopic (exact) mass is 904 g/mol. The number of phosphoric acid groups is 6. The molecule has 0 aromatic heterocycles. The lowest BCUT2D eigenvalue weighted by atomic mass is 10.1. The number of para-hydroxylation sites is 2. The third-order valence-corrected chi connectivity index (χ3v) is 18.0. The maximum atomic E-state index is 13.3. The molecule has 6 unspecified atom stereocenters. The Bertz CT molecular complexity index is 2330. The van der Waals surface area contributed by atoms with Gasteiger partial charge in [0.05, 0.1) is 0 Å². The van der Waals surface area contributed by atoms with Crippen molar-refractivity contribution in [2.75, 3.05) is 4.90 Å². The second kappa shape index (κ2) is 16.9. The van der Waals surface area contributed by atoms with Gasteiger partial charge in [0.2, 0.25) is 0 Å². The first kappa shape index (κ1) is 43.8. The van der Waals surface area contributed by atoms with Crippen LogP contribution in [0.15, 0.2) is 112 Å². The Morgan fingerprint density at radius 1 is 0.564 bits per heavy atom. The van der Waals surface area contributed by atoms with E-state index >= 15 is 0 Å². The molecule has 0 amide bonds. The van der Waals surface area contributed by atoms with E-state index in [9.17, 15) is 51.9 Å². The molecule has 0 aliphatic carbocycles. The third-order valence-electron chi connectivity index (χ3n) is 6.97. The summed E-state index contributed by atoms with van der Waals surface area (Å²) in [7, 11) is -38.0. The van der Waals surface area contributed by atoms with Gasteiger partial charge in [-0.3, -0.25) is 9.79 Å². The van der Waals surface area contributed by atoms with Crippen LogP contribution in [0, 0.1) is 0 Å². The first-order valence-corrected chi connectivity index (χ1v) is 25.6. The highest BCUT2D eigenvalue weighted by Crippen LogP contribution is 2.75. The Balaban J connectivity index is 1.48. The molecule has 0 spiro atoms. The van der Waals surface area contributed by atoms with Gasteiger partial charge in [0.25, 0.3) is 0 Å². The SMILES string of the molecule is CCCCc1ccc(N2c3ccccc3[S+](c3ccccc3)c3cccc(OP(=O)(O)OP(=O)(O)OP(=O)(O)OP(=O)(O)OP(=O)(O)OP(=O)(O)O)c32)cc1. The van der Waals surface area contributed by atoms with Gasteiger partial charge >= 0.3 is 46.9 Å². The maximum absolute atomic E-state index is 13.3. The zero-order valence-corrected chi connectivity index (χ0v) is 34.1. The van der Waals surface area contributed by atoms with Crippen molar-refractivity contribution in [2.45, 2.75) is 40.9 Å². The van der Waals surface area contributed by atoms with E-state index in [4.69, 9.17) is 14.3 Å². The lowest BCUT2D eigenvalue weighted by molar-refractivity contribution is 0.185. The van der Waals surface area contributed by atoms with Crippen LogP contribution in [0.3, 0.4) is 0 Å². The molecular weight excluding hydrogens is 872 g/mol. The molecule has 1 aliphatic heterocycles. The molecule has 4 aromatic carbocycles. The Labute approximate surface area is 315 Å². The molecule has 4 aromatic rings. The normalized spacial score (nSPS) is 19.7. The van der Waals surface area contributed by atoms with E-state index in [0.29, 0.717) is 16.3 Å². The Hall–Kier alpha value is -2.27. The lowest BCUT2D eigenvalue weighted by Crippen LogP contribution is -2.23. The first-order valence-electron chi connectivity index (χ1n) is 15.4. The molecule has 20 nitrogen and oxygen atoms in total. The molecule has 0 radical (unpaired) electrons. The fourth-order valence-corrected chi connectivity index (χ4v) is 14.8. The fourth-order valence-electron chi connectivity index (χ4n) is 5.14. The second-order valence-corrected chi connectivity index (χ2v) is 22.2. The van der Waals surface area contributed by atoms with Crippen molar-refractivity contribution in [1.82, 2.24) is 0 Å². The number of nitrogens with zero attached hydrogens (tertiary/aromatic N) is 1. The number of hydrogen-bond donors (Lipinski definition) is 7. The molecule has 7 N–H and O–H groups in total. The number of phosphoric ester groups is 1. The zero-order chi connectivity index (χ0) is 40.5. The second-order valence-electron chi connectivity index (χ2n) is 11.1. The fraction of sp³-hybridized carbons (Fsp3) is 0.143. The molecule has 5 rings (SSSR count). The van der Waals surface area contributed by atoms with Crippen molar-refractivity contribution in [1.29, 1.82) is 0 Å². The Morgan fingerprint density at radius 2 is 1.07 bits per heavy atom. The molecule has 0 fully saturated rings. The minimum Gasteiger partial charge on any atom is -0.401 e. The smallest absolute Gasteiger partial charge is 0.401 e. The standard InChI is InChI=1S/C28H31NO19P6S/c1-2-3-10-21-17-19-22(20-18-21)29-24-13-7-8-15-26(24)55(23-11-5-4-6-12-23)27-16-9-14-25(28(27)29)43-50(33,34)45-52(37,38)47-54(41,42)48-53(39,40)46-51(35,36)44-49(30,31)32/h4-9,11-20H,2-3,10H2,1H3,(H6-,30,31,32,33,34,35,36,37,38,39,40,41,42)/p+1. The van der Waals surface area contributed by atoms with E-state index in [2.05, 4.69) is 28.5 Å². The average molecular weight is 904 g/mol. The van der Waals surface area contributed by atoms with Crippen LogP contribution in [0.1, 0.15) is 25.3 Å². The van der Waals surface area contributed by atoms with E-state index in [0.717, 1.165) is 34.6 Å². The zero-order valence-electron chi connectivity index (χ0n) is 27.9. The summed E-state index contributed by atoms with van der Waals surface area (Å²) in [5.74, 6) is -0.373. The summed E-state index contributed by atoms with van der Waals surface area (Å²) in [6.07, 6.45) is 2.77. The summed E-state index contributed by atoms with van der Waals surface area (Å²) in [5, 5.41) is 0. The molecule has 27 heteroatoms. The largest absolute Gasteiger partial charge is 0.536 e. The van der Waals surface area contributed by atoms with Gasteiger partial charge in [-0.1, -0.05) is 61.9 Å². The highest BCUT2D eigenvalue weighted by molar-refractivity contribution is 7.97. The van der Waals surface area contributed by atoms with Crippen LogP contribution in [0.5, 0.6) is 5.75 Å². The van der Waals surface area contributed by atoms with Gasteiger partial charge in [0.1, 0.15) is 22.3 Å². The van der Waals surface area contributed by atoms with Crippen LogP contribution < -0.4 is 9.42 Å². The van der Waals surface area contributed by atoms with Gasteiger partial charge in [0.15, 0.2) is 20.4 Å². The molecular formula is C28H32NO19P6S+. The summed E-state index contributed by atoms with van der Waals surface area (Å²) in [5.41, 5.74) is 2.52. The van der Waals surface area contributed by atoms with E-state index in [1.807, 2.05) is 72.8 Å². The van der Waals surface area contributed by atoms with Crippen LogP contribution in [0.25, 0.3) is 0 Å². The van der Waals surface area contributed by atoms with Crippen molar-refractivity contribution in [3.05, 3.63) is 103 Å². The molecule has 0 saturated heterocycles. The van der Waals surface area contributed by atoms with Crippen molar-refractivity contribution in [3.8, 4) is 5.75 Å². The van der Waals surface area contributed by atoms with Gasteiger partial charge in [-0.25, -0.2) is 27.4 Å². The molecule has 55 heavy (non-hydrogen) atoms. The van der Waals surface area contributed by atoms with Gasteiger partial charge in [-0.05, 0) is 66.9 Å². The van der Waals surface area contributed by atoms with Crippen LogP contribution in [-0.4, -0.2) is 34.3 Å². The van der Waals surface area contributed by atoms with Crippen LogP contribution in [0.2, 0.25) is 0 Å². The molecule has 1 aliphatic rings. The number of fused-ring (bicyclic) bond motifs is 2. The van der Waals surface area contributed by atoms with Crippen LogP contribution in [0.4, 0.5) is 17.1 Å². The summed E-state index contributed by atoms with van der Waals surface area (Å²) < 4.78 is 96.4. The lowest BCUT2D eigenvalue weighted by Gasteiger charge is -2.33. The molecule has 1 heterocycles. The van der Waals surface area contributed by atoms with E-state index in [1.54, 1.807) is 17.0 Å². The minimum absolute atomic E-state index is 0.210. The van der Waals surface area contributed by atoms with Crippen molar-refractivity contribution in [3.63, 3.8) is 0 Å². The quantitative estimate of drug-likeness (QED) is 0.0344. The van der Waals surface area contributed by atoms with E-state index in [1.165, 1.54) is 12.1 Å². The number of anilines is 3. The summed E-state index contributed by atoms with van der Waals surface area (Å²) in [4.78, 5) is 70.8.